The summed E-state index contributed by atoms with van der Waals surface area (Å²) < 4.78 is 11.2. The molecule has 0 spiro atoms. The Kier molecular flexibility index (Phi) is 7.01. The molecule has 0 atom stereocenters. The zero-order chi connectivity index (χ0) is 29.1. The molecule has 0 bridgehead atoms. The summed E-state index contributed by atoms with van der Waals surface area (Å²) in [5.74, 6) is 0.583. The predicted octanol–water partition coefficient (Wildman–Crippen LogP) is 8.98. The van der Waals surface area contributed by atoms with Crippen molar-refractivity contribution in [2.45, 2.75) is 0 Å². The normalized spacial score (nSPS) is 14.0. The van der Waals surface area contributed by atoms with Gasteiger partial charge in [-0.25, -0.2) is 9.51 Å². The maximum atomic E-state index is 10.9. The zero-order valence-corrected chi connectivity index (χ0v) is 24.2. The fraction of sp³-hybridized carbons (Fsp3) is 0. The van der Waals surface area contributed by atoms with Crippen LogP contribution in [-0.4, -0.2) is 5.71 Å². The fourth-order valence-corrected chi connectivity index (χ4v) is 8.52. The average molecular weight is 571 g/mol. The summed E-state index contributed by atoms with van der Waals surface area (Å²) in [6.45, 7) is 0. The Morgan fingerprint density at radius 3 is 1.72 bits per heavy atom. The van der Waals surface area contributed by atoms with Crippen molar-refractivity contribution >= 4 is 45.7 Å². The van der Waals surface area contributed by atoms with Gasteiger partial charge in [0.2, 0.25) is 0 Å². The molecule has 6 aromatic carbocycles. The van der Waals surface area contributed by atoms with Gasteiger partial charge >= 0.3 is 0 Å². The molecule has 204 valence electrons. The molecule has 0 saturated heterocycles. The van der Waals surface area contributed by atoms with Crippen LogP contribution in [0, 0.1) is 11.3 Å². The minimum Gasteiger partial charge on any atom is -0.293 e. The van der Waals surface area contributed by atoms with E-state index in [1.54, 1.807) is 0 Å². The number of anilines is 2. The first kappa shape index (κ1) is 26.4. The van der Waals surface area contributed by atoms with Crippen LogP contribution in [0.4, 0.5) is 11.4 Å². The molecular formula is C38H27N4P. The molecule has 0 amide bonds. The van der Waals surface area contributed by atoms with E-state index in [0.29, 0.717) is 17.1 Å². The minimum atomic E-state index is -2.82. The summed E-state index contributed by atoms with van der Waals surface area (Å²) in [6.07, 6.45) is 0. The molecule has 6 aromatic rings. The average Bonchev–Trinajstić information content (AvgIpc) is 3.10. The fourth-order valence-electron chi connectivity index (χ4n) is 5.58. The monoisotopic (exact) mass is 570 g/mol. The van der Waals surface area contributed by atoms with E-state index < -0.39 is 7.21 Å². The largest absolute Gasteiger partial charge is 0.293 e. The van der Waals surface area contributed by atoms with Crippen molar-refractivity contribution in [3.63, 3.8) is 0 Å². The first-order valence-electron chi connectivity index (χ1n) is 14.2. The van der Waals surface area contributed by atoms with E-state index in [9.17, 15) is 5.26 Å². The molecule has 7 rings (SSSR count). The van der Waals surface area contributed by atoms with E-state index in [1.165, 1.54) is 0 Å². The van der Waals surface area contributed by atoms with Crippen molar-refractivity contribution in [1.82, 2.24) is 0 Å². The molecule has 1 heterocycles. The van der Waals surface area contributed by atoms with Crippen molar-refractivity contribution in [2.75, 3.05) is 4.90 Å². The summed E-state index contributed by atoms with van der Waals surface area (Å²) in [5.41, 5.74) is 3.83. The van der Waals surface area contributed by atoms with Crippen molar-refractivity contribution in [3.8, 4) is 6.07 Å². The van der Waals surface area contributed by atoms with Gasteiger partial charge in [-0.05, 0) is 23.6 Å². The van der Waals surface area contributed by atoms with E-state index in [1.807, 2.05) is 91.0 Å². The van der Waals surface area contributed by atoms with Gasteiger partial charge in [0.15, 0.2) is 5.82 Å². The molecule has 0 saturated carbocycles. The standard InChI is InChI=1S/C38H27N4P/c39-28-35-37(30-17-5-1-6-18-30)40-43(32-22-9-3-10-23-32,33-24-11-4-12-25-33)41-38(35)42(31-20-7-2-8-21-31)36-27-15-19-29-16-13-14-26-34(29)36/h1-27H. The number of hydrogen-bond acceptors (Lipinski definition) is 4. The quantitative estimate of drug-likeness (QED) is 0.188. The van der Waals surface area contributed by atoms with Crippen LogP contribution in [0.2, 0.25) is 0 Å². The second-order valence-electron chi connectivity index (χ2n) is 10.2. The van der Waals surface area contributed by atoms with E-state index >= 15 is 0 Å². The summed E-state index contributed by atoms with van der Waals surface area (Å²) >= 11 is 0. The number of nitrogens with zero attached hydrogens (tertiary/aromatic N) is 4. The van der Waals surface area contributed by atoms with Gasteiger partial charge in [0.25, 0.3) is 0 Å². The van der Waals surface area contributed by atoms with E-state index in [0.717, 1.165) is 38.3 Å². The lowest BCUT2D eigenvalue weighted by Crippen LogP contribution is -2.26. The number of benzene rings is 6. The summed E-state index contributed by atoms with van der Waals surface area (Å²) in [4.78, 5) is 2.14. The second kappa shape index (κ2) is 11.4. The first-order valence-corrected chi connectivity index (χ1v) is 15.8. The first-order chi connectivity index (χ1) is 21.3. The molecule has 43 heavy (non-hydrogen) atoms. The van der Waals surface area contributed by atoms with E-state index in [4.69, 9.17) is 9.51 Å². The van der Waals surface area contributed by atoms with Gasteiger partial charge in [-0.1, -0.05) is 146 Å². The highest BCUT2D eigenvalue weighted by atomic mass is 31.2. The summed E-state index contributed by atoms with van der Waals surface area (Å²) in [5, 5.41) is 15.1. The molecule has 0 unspecified atom stereocenters. The van der Waals surface area contributed by atoms with Crippen molar-refractivity contribution in [3.05, 3.63) is 181 Å². The molecule has 4 nitrogen and oxygen atoms in total. The molecule has 0 radical (unpaired) electrons. The maximum absolute atomic E-state index is 10.9. The van der Waals surface area contributed by atoms with Crippen molar-refractivity contribution < 1.29 is 0 Å². The highest BCUT2D eigenvalue weighted by molar-refractivity contribution is 7.80. The Labute approximate surface area is 251 Å². The van der Waals surface area contributed by atoms with Crippen molar-refractivity contribution in [2.24, 2.45) is 9.51 Å². The molecule has 1 aliphatic heterocycles. The van der Waals surface area contributed by atoms with Crippen molar-refractivity contribution in [1.29, 1.82) is 5.26 Å². The Hall–Kier alpha value is -5.49. The number of para-hydroxylation sites is 1. The minimum absolute atomic E-state index is 0.436. The SMILES string of the molecule is N#CC1=C(N(c2ccccc2)c2cccc3ccccc23)N=P(c2ccccc2)(c2ccccc2)N=C1c1ccccc1. The van der Waals surface area contributed by atoms with Gasteiger partial charge < -0.3 is 0 Å². The Morgan fingerprint density at radius 1 is 0.558 bits per heavy atom. The Bertz CT molecular complexity index is 2030. The highest BCUT2D eigenvalue weighted by Gasteiger charge is 2.35. The van der Waals surface area contributed by atoms with Gasteiger partial charge in [0.05, 0.1) is 11.4 Å². The Balaban J connectivity index is 1.65. The number of allylic oxidation sites excluding steroid dienone is 1. The van der Waals surface area contributed by atoms with E-state index in [2.05, 4.69) is 83.8 Å². The molecule has 1 aliphatic rings. The lowest BCUT2D eigenvalue weighted by atomic mass is 10.0. The van der Waals surface area contributed by atoms with E-state index in [-0.39, 0.29) is 0 Å². The number of hydrogen-bond donors (Lipinski definition) is 0. The van der Waals surface area contributed by atoms with Crippen LogP contribution in [0.25, 0.3) is 10.8 Å². The molecule has 0 N–H and O–H groups in total. The topological polar surface area (TPSA) is 51.8 Å². The molecule has 5 heteroatoms. The predicted molar refractivity (Wildman–Crippen MR) is 180 cm³/mol. The molecule has 0 aliphatic carbocycles. The lowest BCUT2D eigenvalue weighted by Gasteiger charge is -2.33. The summed E-state index contributed by atoms with van der Waals surface area (Å²) in [6, 6.07) is 57.9. The zero-order valence-electron chi connectivity index (χ0n) is 23.3. The number of fused-ring (bicyclic) bond motifs is 1. The number of nitriles is 1. The lowest BCUT2D eigenvalue weighted by molar-refractivity contribution is 1.12. The molecular weight excluding hydrogens is 543 g/mol. The number of rotatable bonds is 6. The van der Waals surface area contributed by atoms with Gasteiger partial charge in [0.1, 0.15) is 18.8 Å². The third-order valence-corrected chi connectivity index (χ3v) is 10.6. The van der Waals surface area contributed by atoms with Crippen LogP contribution < -0.4 is 15.5 Å². The van der Waals surface area contributed by atoms with Gasteiger partial charge in [-0.15, -0.1) is 0 Å². The highest BCUT2D eigenvalue weighted by Crippen LogP contribution is 2.55. The van der Waals surface area contributed by atoms with Crippen LogP contribution in [0.15, 0.2) is 185 Å². The second-order valence-corrected chi connectivity index (χ2v) is 12.8. The van der Waals surface area contributed by atoms with Gasteiger partial charge in [-0.3, -0.25) is 4.90 Å². The third-order valence-electron chi connectivity index (χ3n) is 7.57. The molecule has 0 fully saturated rings. The third kappa shape index (κ3) is 4.77. The molecule has 0 aromatic heterocycles. The van der Waals surface area contributed by atoms with Crippen LogP contribution >= 0.6 is 7.21 Å². The van der Waals surface area contributed by atoms with Gasteiger partial charge in [0, 0.05) is 27.2 Å². The smallest absolute Gasteiger partial charge is 0.159 e. The maximum Gasteiger partial charge on any atom is 0.159 e. The van der Waals surface area contributed by atoms with Crippen LogP contribution in [0.3, 0.4) is 0 Å². The van der Waals surface area contributed by atoms with Crippen LogP contribution in [-0.2, 0) is 0 Å². The van der Waals surface area contributed by atoms with Gasteiger partial charge in [-0.2, -0.15) is 5.26 Å². The van der Waals surface area contributed by atoms with Crippen LogP contribution in [0.1, 0.15) is 5.56 Å². The van der Waals surface area contributed by atoms with Crippen LogP contribution in [0.5, 0.6) is 0 Å². The summed E-state index contributed by atoms with van der Waals surface area (Å²) in [7, 11) is -2.82. The Morgan fingerprint density at radius 2 is 1.09 bits per heavy atom.